The van der Waals surface area contributed by atoms with E-state index < -0.39 is 18.4 Å². The summed E-state index contributed by atoms with van der Waals surface area (Å²) in [6.07, 6.45) is 17.7. The molecule has 0 heterocycles. The Morgan fingerprint density at radius 2 is 1.39 bits per heavy atom. The fraction of sp³-hybridized carbons (Fsp3) is 0.857. The number of hydrogen-bond donors (Lipinski definition) is 1. The molecule has 0 aromatic rings. The van der Waals surface area contributed by atoms with Crippen molar-refractivity contribution in [2.75, 3.05) is 47.5 Å². The molecule has 0 radical (unpaired) electrons. The predicted octanol–water partition coefficient (Wildman–Crippen LogP) is 3.74. The Morgan fingerprint density at radius 3 is 1.94 bits per heavy atom. The van der Waals surface area contributed by atoms with Crippen LogP contribution in [-0.4, -0.2) is 81.4 Å². The first-order valence-electron chi connectivity index (χ1n) is 13.9. The van der Waals surface area contributed by atoms with Gasteiger partial charge in [0.15, 0.2) is 6.29 Å². The lowest BCUT2D eigenvalue weighted by molar-refractivity contribution is -0.870. The lowest BCUT2D eigenvalue weighted by Crippen LogP contribution is -2.44. The summed E-state index contributed by atoms with van der Waals surface area (Å²) in [4.78, 5) is 23.0. The normalized spacial score (nSPS) is 13.7. The number of ether oxygens (including phenoxy) is 3. The molecule has 8 nitrogen and oxygen atoms in total. The maximum Gasteiger partial charge on any atom is 0.305 e. The van der Waals surface area contributed by atoms with E-state index in [-0.39, 0.29) is 25.8 Å². The number of carboxylic acid groups (broad SMARTS) is 1. The highest BCUT2D eigenvalue weighted by Crippen LogP contribution is 2.10. The van der Waals surface area contributed by atoms with Gasteiger partial charge in [0, 0.05) is 6.42 Å². The number of likely N-dealkylation sites (N-methyl/N-ethyl adjacent to an activating group) is 1. The number of aliphatic hydroxyl groups is 1. The molecule has 2 unspecified atom stereocenters. The zero-order valence-electron chi connectivity index (χ0n) is 23.4. The van der Waals surface area contributed by atoms with Gasteiger partial charge in [-0.1, -0.05) is 70.4 Å². The first-order chi connectivity index (χ1) is 17.2. The summed E-state index contributed by atoms with van der Waals surface area (Å²) in [5, 5.41) is 21.0. The monoisotopic (exact) mass is 515 g/mol. The van der Waals surface area contributed by atoms with Crippen molar-refractivity contribution in [3.05, 3.63) is 12.2 Å². The number of esters is 1. The highest BCUT2D eigenvalue weighted by molar-refractivity contribution is 5.69. The van der Waals surface area contributed by atoms with Crippen LogP contribution in [0.4, 0.5) is 0 Å². The minimum absolute atomic E-state index is 0.170. The number of rotatable bonds is 25. The zero-order valence-corrected chi connectivity index (χ0v) is 23.4. The second kappa shape index (κ2) is 22.7. The highest BCUT2D eigenvalue weighted by atomic mass is 16.7. The number of aliphatic hydroxyl groups excluding tert-OH is 1. The quantitative estimate of drug-likeness (QED) is 0.0649. The Morgan fingerprint density at radius 1 is 0.833 bits per heavy atom. The van der Waals surface area contributed by atoms with Crippen molar-refractivity contribution in [2.45, 2.75) is 109 Å². The van der Waals surface area contributed by atoms with Gasteiger partial charge in [0.2, 0.25) is 0 Å². The third kappa shape index (κ3) is 24.2. The van der Waals surface area contributed by atoms with Crippen LogP contribution in [0.1, 0.15) is 96.8 Å². The maximum atomic E-state index is 11.8. The van der Waals surface area contributed by atoms with Crippen LogP contribution in [0.15, 0.2) is 12.2 Å². The summed E-state index contributed by atoms with van der Waals surface area (Å²) < 4.78 is 15.9. The van der Waals surface area contributed by atoms with Crippen LogP contribution in [0, 0.1) is 0 Å². The molecule has 0 aromatic heterocycles. The number of carboxylic acids is 1. The lowest BCUT2D eigenvalue weighted by Gasteiger charge is -2.26. The molecule has 0 saturated heterocycles. The van der Waals surface area contributed by atoms with Crippen molar-refractivity contribution < 1.29 is 38.5 Å². The van der Waals surface area contributed by atoms with Crippen LogP contribution in [0.2, 0.25) is 0 Å². The Kier molecular flexibility index (Phi) is 21.8. The Labute approximate surface area is 219 Å². The third-order valence-electron chi connectivity index (χ3n) is 5.74. The van der Waals surface area contributed by atoms with Gasteiger partial charge in [-0.2, -0.15) is 0 Å². The summed E-state index contributed by atoms with van der Waals surface area (Å²) in [7, 11) is 5.86. The van der Waals surface area contributed by atoms with E-state index in [4.69, 9.17) is 14.2 Å². The lowest BCUT2D eigenvalue weighted by atomic mass is 10.1. The number of quaternary nitrogens is 1. The summed E-state index contributed by atoms with van der Waals surface area (Å²) in [5.74, 6) is -1.88. The average Bonchev–Trinajstić information content (AvgIpc) is 2.81. The van der Waals surface area contributed by atoms with Crippen LogP contribution in [-0.2, 0) is 23.8 Å². The molecule has 0 aromatic carbocycles. The van der Waals surface area contributed by atoms with Gasteiger partial charge < -0.3 is 33.7 Å². The van der Waals surface area contributed by atoms with E-state index in [1.54, 1.807) is 0 Å². The van der Waals surface area contributed by atoms with E-state index in [0.717, 1.165) is 32.1 Å². The van der Waals surface area contributed by atoms with E-state index in [9.17, 15) is 19.8 Å². The fourth-order valence-electron chi connectivity index (χ4n) is 3.47. The van der Waals surface area contributed by atoms with E-state index in [2.05, 4.69) is 19.1 Å². The topological polar surface area (TPSA) is 105 Å². The number of unbranched alkanes of at least 4 members (excludes halogenated alkanes) is 11. The second-order valence-corrected chi connectivity index (χ2v) is 10.5. The molecule has 36 heavy (non-hydrogen) atoms. The van der Waals surface area contributed by atoms with Gasteiger partial charge in [0.05, 0.1) is 40.3 Å². The second-order valence-electron chi connectivity index (χ2n) is 10.5. The van der Waals surface area contributed by atoms with Gasteiger partial charge in [0.25, 0.3) is 0 Å². The number of hydrogen-bond acceptors (Lipinski definition) is 7. The molecule has 0 amide bonds. The number of aliphatic carboxylic acids is 1. The Hall–Kier alpha value is -1.48. The molecule has 0 rings (SSSR count). The molecule has 8 heteroatoms. The van der Waals surface area contributed by atoms with Gasteiger partial charge in [0.1, 0.15) is 19.3 Å². The van der Waals surface area contributed by atoms with Gasteiger partial charge >= 0.3 is 5.97 Å². The molecule has 212 valence electrons. The number of carbonyl (C=O) groups is 2. The van der Waals surface area contributed by atoms with Crippen LogP contribution in [0.25, 0.3) is 0 Å². The van der Waals surface area contributed by atoms with E-state index in [1.807, 2.05) is 21.1 Å². The van der Waals surface area contributed by atoms with Crippen molar-refractivity contribution in [1.82, 2.24) is 0 Å². The number of allylic oxidation sites excluding steroid dienone is 2. The van der Waals surface area contributed by atoms with Gasteiger partial charge in [-0.05, 0) is 32.1 Å². The Bertz CT molecular complexity index is 575. The van der Waals surface area contributed by atoms with E-state index in [1.165, 1.54) is 51.4 Å². The summed E-state index contributed by atoms with van der Waals surface area (Å²) in [6, 6.07) is 0. The molecule has 0 aliphatic carbocycles. The van der Waals surface area contributed by atoms with Crippen molar-refractivity contribution in [2.24, 2.45) is 0 Å². The molecule has 1 N–H and O–H groups in total. The van der Waals surface area contributed by atoms with E-state index >= 15 is 0 Å². The smallest absolute Gasteiger partial charge is 0.305 e. The molecule has 0 saturated carbocycles. The summed E-state index contributed by atoms with van der Waals surface area (Å²) in [5.41, 5.74) is 0. The molecule has 0 aliphatic rings. The number of nitrogens with zero attached hydrogens (tertiary/aromatic N) is 1. The summed E-state index contributed by atoms with van der Waals surface area (Å²) in [6.45, 7) is 2.42. The standard InChI is InChI=1S/C28H53NO7/c1-5-6-7-8-9-10-11-12-13-14-15-16-17-18-19-20-26(31)35-23-25(30)24-36-28(27(32)33)34-22-21-29(2,3)4/h12-13,25,28,30H,5-11,14-24H2,1-4H3/b13-12-. The molecule has 0 aliphatic heterocycles. The molecule has 0 bridgehead atoms. The van der Waals surface area contributed by atoms with Gasteiger partial charge in [-0.15, -0.1) is 0 Å². The van der Waals surface area contributed by atoms with Crippen LogP contribution in [0.3, 0.4) is 0 Å². The van der Waals surface area contributed by atoms with Crippen LogP contribution < -0.4 is 5.11 Å². The maximum absolute atomic E-state index is 11.8. The predicted molar refractivity (Wildman–Crippen MR) is 140 cm³/mol. The molecule has 0 fully saturated rings. The fourth-order valence-corrected chi connectivity index (χ4v) is 3.47. The van der Waals surface area contributed by atoms with Crippen molar-refractivity contribution in [3.8, 4) is 0 Å². The highest BCUT2D eigenvalue weighted by Gasteiger charge is 2.17. The molecule has 2 atom stereocenters. The molecule has 0 spiro atoms. The average molecular weight is 516 g/mol. The van der Waals surface area contributed by atoms with E-state index in [0.29, 0.717) is 17.4 Å². The van der Waals surface area contributed by atoms with Crippen LogP contribution in [0.5, 0.6) is 0 Å². The first-order valence-corrected chi connectivity index (χ1v) is 13.9. The minimum atomic E-state index is -1.57. The first kappa shape index (κ1) is 34.5. The Balaban J connectivity index is 3.67. The number of carbonyl (C=O) groups excluding carboxylic acids is 2. The van der Waals surface area contributed by atoms with Crippen molar-refractivity contribution in [3.63, 3.8) is 0 Å². The zero-order chi connectivity index (χ0) is 27.1. The van der Waals surface area contributed by atoms with Crippen LogP contribution >= 0.6 is 0 Å². The van der Waals surface area contributed by atoms with Gasteiger partial charge in [-0.3, -0.25) is 4.79 Å². The largest absolute Gasteiger partial charge is 0.545 e. The van der Waals surface area contributed by atoms with Crippen molar-refractivity contribution >= 4 is 11.9 Å². The van der Waals surface area contributed by atoms with Crippen molar-refractivity contribution in [1.29, 1.82) is 0 Å². The molecular weight excluding hydrogens is 462 g/mol. The minimum Gasteiger partial charge on any atom is -0.545 e. The third-order valence-corrected chi connectivity index (χ3v) is 5.74. The molecular formula is C28H53NO7. The van der Waals surface area contributed by atoms with Gasteiger partial charge in [-0.25, -0.2) is 0 Å². The summed E-state index contributed by atoms with van der Waals surface area (Å²) >= 11 is 0. The SMILES string of the molecule is CCCCCCCC/C=C\CCCCCCCC(=O)OCC(O)COC(OCC[N+](C)(C)C)C(=O)[O-].